The van der Waals surface area contributed by atoms with Crippen LogP contribution in [0.25, 0.3) is 5.76 Å². The average molecular weight is 286 g/mol. The minimum atomic E-state index is -1.04. The molecule has 0 spiro atoms. The first-order chi connectivity index (χ1) is 10.1. The molecule has 21 heavy (non-hydrogen) atoms. The first kappa shape index (κ1) is 14.6. The van der Waals surface area contributed by atoms with E-state index in [1.807, 2.05) is 30.3 Å². The van der Waals surface area contributed by atoms with Crippen molar-refractivity contribution in [2.24, 2.45) is 0 Å². The van der Waals surface area contributed by atoms with Crippen LogP contribution in [0, 0.1) is 0 Å². The minimum Gasteiger partial charge on any atom is -0.504 e. The van der Waals surface area contributed by atoms with E-state index in [4.69, 9.17) is 4.42 Å². The van der Waals surface area contributed by atoms with Crippen LogP contribution in [0.5, 0.6) is 0 Å². The number of aliphatic hydroxyl groups excluding tert-OH is 1. The highest BCUT2D eigenvalue weighted by Crippen LogP contribution is 2.18. The molecular weight excluding hydrogens is 272 g/mol. The number of carbonyl (C=O) groups is 2. The molecule has 0 saturated carbocycles. The average Bonchev–Trinajstić information content (AvgIpc) is 2.96. The number of ketones is 1. The lowest BCUT2D eigenvalue weighted by Gasteiger charge is -1.98. The van der Waals surface area contributed by atoms with Crippen LogP contribution in [0.15, 0.2) is 53.0 Å². The number of carbonyl (C=O) groups excluding carboxylic acids is 2. The SMILES string of the molecule is COC(=O)C(=O)C=C(O)c1ccc(Cc2ccccc2)o1. The number of rotatable bonds is 5. The van der Waals surface area contributed by atoms with Gasteiger partial charge < -0.3 is 14.3 Å². The van der Waals surface area contributed by atoms with Gasteiger partial charge in [0.05, 0.1) is 7.11 Å². The lowest BCUT2D eigenvalue weighted by atomic mass is 10.1. The minimum absolute atomic E-state index is 0.123. The second kappa shape index (κ2) is 6.56. The van der Waals surface area contributed by atoms with Crippen molar-refractivity contribution in [2.75, 3.05) is 7.11 Å². The maximum atomic E-state index is 11.3. The van der Waals surface area contributed by atoms with Crippen LogP contribution in [-0.4, -0.2) is 24.0 Å². The summed E-state index contributed by atoms with van der Waals surface area (Å²) in [6.07, 6.45) is 1.34. The van der Waals surface area contributed by atoms with E-state index in [9.17, 15) is 14.7 Å². The summed E-state index contributed by atoms with van der Waals surface area (Å²) < 4.78 is 9.70. The third kappa shape index (κ3) is 3.82. The number of hydrogen-bond acceptors (Lipinski definition) is 5. The fourth-order valence-electron chi connectivity index (χ4n) is 1.76. The third-order valence-corrected chi connectivity index (χ3v) is 2.79. The normalized spacial score (nSPS) is 11.2. The van der Waals surface area contributed by atoms with Gasteiger partial charge >= 0.3 is 5.97 Å². The van der Waals surface area contributed by atoms with Crippen molar-refractivity contribution in [1.82, 2.24) is 0 Å². The molecule has 1 aromatic carbocycles. The molecule has 1 heterocycles. The van der Waals surface area contributed by atoms with E-state index in [-0.39, 0.29) is 5.76 Å². The van der Waals surface area contributed by atoms with Gasteiger partial charge in [-0.15, -0.1) is 0 Å². The summed E-state index contributed by atoms with van der Waals surface area (Å²) in [6, 6.07) is 12.9. The van der Waals surface area contributed by atoms with Gasteiger partial charge in [0.15, 0.2) is 11.5 Å². The van der Waals surface area contributed by atoms with Gasteiger partial charge in [-0.25, -0.2) is 4.79 Å². The van der Waals surface area contributed by atoms with E-state index in [1.165, 1.54) is 6.07 Å². The molecule has 0 fully saturated rings. The van der Waals surface area contributed by atoms with Crippen molar-refractivity contribution in [1.29, 1.82) is 0 Å². The Kier molecular flexibility index (Phi) is 4.56. The number of furan rings is 1. The first-order valence-electron chi connectivity index (χ1n) is 6.26. The summed E-state index contributed by atoms with van der Waals surface area (Å²) in [5.74, 6) is -1.64. The van der Waals surface area contributed by atoms with Crippen molar-refractivity contribution >= 4 is 17.5 Å². The number of benzene rings is 1. The van der Waals surface area contributed by atoms with E-state index >= 15 is 0 Å². The lowest BCUT2D eigenvalue weighted by Crippen LogP contribution is -2.12. The van der Waals surface area contributed by atoms with Crippen molar-refractivity contribution < 1.29 is 23.8 Å². The Balaban J connectivity index is 2.11. The number of methoxy groups -OCH3 is 1. The van der Waals surface area contributed by atoms with Crippen LogP contribution < -0.4 is 0 Å². The molecule has 0 atom stereocenters. The topological polar surface area (TPSA) is 76.7 Å². The highest BCUT2D eigenvalue weighted by Gasteiger charge is 2.14. The van der Waals surface area contributed by atoms with E-state index < -0.39 is 17.5 Å². The molecule has 0 aliphatic heterocycles. The summed E-state index contributed by atoms with van der Waals surface area (Å²) >= 11 is 0. The summed E-state index contributed by atoms with van der Waals surface area (Å²) in [6.45, 7) is 0. The van der Waals surface area contributed by atoms with Crippen molar-refractivity contribution in [3.63, 3.8) is 0 Å². The van der Waals surface area contributed by atoms with Crippen LogP contribution >= 0.6 is 0 Å². The molecule has 5 nitrogen and oxygen atoms in total. The largest absolute Gasteiger partial charge is 0.504 e. The van der Waals surface area contributed by atoms with E-state index in [2.05, 4.69) is 4.74 Å². The Morgan fingerprint density at radius 2 is 1.90 bits per heavy atom. The standard InChI is InChI=1S/C16H14O5/c1-20-16(19)14(18)10-13(17)15-8-7-12(21-15)9-11-5-3-2-4-6-11/h2-8,10,17H,9H2,1H3. The van der Waals surface area contributed by atoms with E-state index in [0.717, 1.165) is 18.7 Å². The summed E-state index contributed by atoms with van der Waals surface area (Å²) in [5.41, 5.74) is 1.06. The van der Waals surface area contributed by atoms with Gasteiger partial charge in [-0.2, -0.15) is 0 Å². The molecular formula is C16H14O5. The second-order valence-corrected chi connectivity index (χ2v) is 4.31. The smallest absolute Gasteiger partial charge is 0.378 e. The molecule has 0 saturated heterocycles. The fourth-order valence-corrected chi connectivity index (χ4v) is 1.76. The second-order valence-electron chi connectivity index (χ2n) is 4.31. The number of aliphatic hydroxyl groups is 1. The zero-order chi connectivity index (χ0) is 15.2. The van der Waals surface area contributed by atoms with Crippen molar-refractivity contribution in [2.45, 2.75) is 6.42 Å². The fraction of sp³-hybridized carbons (Fsp3) is 0.125. The van der Waals surface area contributed by atoms with E-state index in [1.54, 1.807) is 6.07 Å². The van der Waals surface area contributed by atoms with Gasteiger partial charge in [-0.1, -0.05) is 30.3 Å². The lowest BCUT2D eigenvalue weighted by molar-refractivity contribution is -0.149. The van der Waals surface area contributed by atoms with Crippen LogP contribution in [0.4, 0.5) is 0 Å². The molecule has 2 rings (SSSR count). The molecule has 5 heteroatoms. The van der Waals surface area contributed by atoms with Crippen LogP contribution in [0.2, 0.25) is 0 Å². The molecule has 1 N–H and O–H groups in total. The molecule has 0 aliphatic rings. The highest BCUT2D eigenvalue weighted by molar-refractivity contribution is 6.39. The Labute approximate surface area is 121 Å². The molecule has 0 unspecified atom stereocenters. The van der Waals surface area contributed by atoms with E-state index in [0.29, 0.717) is 12.2 Å². The molecule has 1 aromatic heterocycles. The summed E-state index contributed by atoms with van der Waals surface area (Å²) in [4.78, 5) is 22.3. The predicted octanol–water partition coefficient (Wildman–Crippen LogP) is 2.51. The number of esters is 1. The van der Waals surface area contributed by atoms with Gasteiger partial charge in [0.1, 0.15) is 5.76 Å². The quantitative estimate of drug-likeness (QED) is 0.395. The molecule has 0 bridgehead atoms. The molecule has 2 aromatic rings. The van der Waals surface area contributed by atoms with Crippen LogP contribution in [-0.2, 0) is 20.7 Å². The van der Waals surface area contributed by atoms with Gasteiger partial charge in [0.25, 0.3) is 5.78 Å². The molecule has 0 amide bonds. The van der Waals surface area contributed by atoms with Gasteiger partial charge in [0.2, 0.25) is 0 Å². The molecule has 0 radical (unpaired) electrons. The molecule has 108 valence electrons. The number of hydrogen-bond donors (Lipinski definition) is 1. The monoisotopic (exact) mass is 286 g/mol. The Hall–Kier alpha value is -2.82. The van der Waals surface area contributed by atoms with Gasteiger partial charge in [-0.3, -0.25) is 4.79 Å². The zero-order valence-electron chi connectivity index (χ0n) is 11.4. The highest BCUT2D eigenvalue weighted by atomic mass is 16.5. The summed E-state index contributed by atoms with van der Waals surface area (Å²) in [7, 11) is 1.09. The van der Waals surface area contributed by atoms with Crippen molar-refractivity contribution in [3.8, 4) is 0 Å². The maximum Gasteiger partial charge on any atom is 0.378 e. The van der Waals surface area contributed by atoms with Crippen molar-refractivity contribution in [3.05, 3.63) is 65.6 Å². The van der Waals surface area contributed by atoms with Crippen LogP contribution in [0.1, 0.15) is 17.1 Å². The number of ether oxygens (including phenoxy) is 1. The molecule has 0 aliphatic carbocycles. The maximum absolute atomic E-state index is 11.3. The van der Waals surface area contributed by atoms with Gasteiger partial charge in [0, 0.05) is 12.5 Å². The summed E-state index contributed by atoms with van der Waals surface area (Å²) in [5, 5.41) is 9.75. The Bertz CT molecular complexity index is 667. The zero-order valence-corrected chi connectivity index (χ0v) is 11.4. The Morgan fingerprint density at radius 3 is 2.57 bits per heavy atom. The first-order valence-corrected chi connectivity index (χ1v) is 6.26. The van der Waals surface area contributed by atoms with Gasteiger partial charge in [-0.05, 0) is 17.7 Å². The van der Waals surface area contributed by atoms with Crippen LogP contribution in [0.3, 0.4) is 0 Å². The predicted molar refractivity (Wildman–Crippen MR) is 75.6 cm³/mol. The third-order valence-electron chi connectivity index (χ3n) is 2.79. The Morgan fingerprint density at radius 1 is 1.19 bits per heavy atom.